The van der Waals surface area contributed by atoms with E-state index < -0.39 is 11.7 Å². The second-order valence-corrected chi connectivity index (χ2v) is 8.14. The fourth-order valence-electron chi connectivity index (χ4n) is 3.64. The summed E-state index contributed by atoms with van der Waals surface area (Å²) in [6.45, 7) is 0.378. The number of hydrogen-bond acceptors (Lipinski definition) is 4. The minimum Gasteiger partial charge on any atom is -0.397 e. The Kier molecular flexibility index (Phi) is 7.14. The molecule has 4 aromatic rings. The van der Waals surface area contributed by atoms with Crippen molar-refractivity contribution in [1.29, 1.82) is 0 Å². The number of benzene rings is 3. The number of carbonyl (C=O) groups is 1. The van der Waals surface area contributed by atoms with E-state index in [1.807, 2.05) is 42.5 Å². The summed E-state index contributed by atoms with van der Waals surface area (Å²) in [4.78, 5) is 12.5. The minimum atomic E-state index is -4.37. The van der Waals surface area contributed by atoms with Gasteiger partial charge in [0.1, 0.15) is 0 Å². The fraction of sp³-hybridized carbons (Fsp3) is 0.192. The Labute approximate surface area is 200 Å². The van der Waals surface area contributed by atoms with E-state index in [-0.39, 0.29) is 12.3 Å². The summed E-state index contributed by atoms with van der Waals surface area (Å²) in [5, 5.41) is 10.9. The van der Waals surface area contributed by atoms with Crippen molar-refractivity contribution in [1.82, 2.24) is 15.0 Å². The van der Waals surface area contributed by atoms with Gasteiger partial charge in [0.15, 0.2) is 0 Å². The maximum Gasteiger partial charge on any atom is 0.416 e. The van der Waals surface area contributed by atoms with Gasteiger partial charge < -0.3 is 11.1 Å². The third kappa shape index (κ3) is 6.47. The third-order valence-corrected chi connectivity index (χ3v) is 5.51. The average Bonchev–Trinajstić information content (AvgIpc) is 3.31. The lowest BCUT2D eigenvalue weighted by Crippen LogP contribution is -2.13. The van der Waals surface area contributed by atoms with Crippen LogP contribution in [0.15, 0.2) is 79.0 Å². The van der Waals surface area contributed by atoms with Gasteiger partial charge in [-0.25, -0.2) is 0 Å². The van der Waals surface area contributed by atoms with Gasteiger partial charge in [-0.1, -0.05) is 59.8 Å². The molecule has 0 aliphatic rings. The van der Waals surface area contributed by atoms with Crippen LogP contribution in [0.5, 0.6) is 0 Å². The SMILES string of the molecule is Nc1ccc(-c2ccccc2)cc1NC(=O)CCc1cn(CCc2cccc(C(F)(F)F)c2)nn1. The summed E-state index contributed by atoms with van der Waals surface area (Å²) in [7, 11) is 0. The summed E-state index contributed by atoms with van der Waals surface area (Å²) in [5.41, 5.74) is 9.52. The highest BCUT2D eigenvalue weighted by Gasteiger charge is 2.30. The summed E-state index contributed by atoms with van der Waals surface area (Å²) in [5.74, 6) is -0.208. The predicted octanol–water partition coefficient (Wildman–Crippen LogP) is 5.36. The van der Waals surface area contributed by atoms with Crippen molar-refractivity contribution in [2.75, 3.05) is 11.1 Å². The Bertz CT molecular complexity index is 1300. The second-order valence-electron chi connectivity index (χ2n) is 8.14. The summed E-state index contributed by atoms with van der Waals surface area (Å²) >= 11 is 0. The van der Waals surface area contributed by atoms with Gasteiger partial charge in [-0.05, 0) is 41.3 Å². The number of aryl methyl sites for hydroxylation is 3. The highest BCUT2D eigenvalue weighted by molar-refractivity contribution is 5.95. The number of nitrogens with zero attached hydrogens (tertiary/aromatic N) is 3. The zero-order valence-electron chi connectivity index (χ0n) is 18.8. The Morgan fingerprint density at radius 1 is 0.943 bits per heavy atom. The summed E-state index contributed by atoms with van der Waals surface area (Å²) in [6, 6.07) is 20.5. The Morgan fingerprint density at radius 3 is 2.51 bits per heavy atom. The van der Waals surface area contributed by atoms with Crippen LogP contribution in [0.2, 0.25) is 0 Å². The van der Waals surface area contributed by atoms with Crippen LogP contribution in [0.25, 0.3) is 11.1 Å². The van der Waals surface area contributed by atoms with Gasteiger partial charge in [0.05, 0.1) is 22.6 Å². The number of rotatable bonds is 8. The number of nitrogens with two attached hydrogens (primary N) is 1. The monoisotopic (exact) mass is 479 g/mol. The molecule has 0 radical (unpaired) electrons. The van der Waals surface area contributed by atoms with E-state index in [4.69, 9.17) is 5.73 Å². The van der Waals surface area contributed by atoms with Crippen LogP contribution in [0, 0.1) is 0 Å². The minimum absolute atomic E-state index is 0.182. The number of carbonyl (C=O) groups excluding carboxylic acids is 1. The molecule has 1 heterocycles. The molecular weight excluding hydrogens is 455 g/mol. The first-order chi connectivity index (χ1) is 16.8. The van der Waals surface area contributed by atoms with Crippen LogP contribution in [-0.4, -0.2) is 20.9 Å². The van der Waals surface area contributed by atoms with Gasteiger partial charge >= 0.3 is 6.18 Å². The first-order valence-electron chi connectivity index (χ1n) is 11.1. The summed E-state index contributed by atoms with van der Waals surface area (Å²) < 4.78 is 40.2. The second kappa shape index (κ2) is 10.4. The molecule has 0 aliphatic heterocycles. The van der Waals surface area contributed by atoms with Crippen LogP contribution < -0.4 is 11.1 Å². The molecule has 0 fully saturated rings. The van der Waals surface area contributed by atoms with E-state index in [2.05, 4.69) is 15.6 Å². The molecular formula is C26H24F3N5O. The molecule has 3 aromatic carbocycles. The standard InChI is InChI=1S/C26H24F3N5O/c27-26(28,29)21-8-4-5-18(15-21)13-14-34-17-22(32-33-34)10-12-25(35)31-24-16-20(9-11-23(24)30)19-6-2-1-3-7-19/h1-9,11,15-17H,10,12-14,30H2,(H,31,35). The molecule has 0 spiro atoms. The largest absolute Gasteiger partial charge is 0.416 e. The Morgan fingerprint density at radius 2 is 1.74 bits per heavy atom. The molecule has 1 aromatic heterocycles. The van der Waals surface area contributed by atoms with Crippen LogP contribution in [-0.2, 0) is 30.4 Å². The van der Waals surface area contributed by atoms with Crippen LogP contribution in [0.4, 0.5) is 24.5 Å². The number of amides is 1. The van der Waals surface area contributed by atoms with Gasteiger partial charge in [0.25, 0.3) is 0 Å². The highest BCUT2D eigenvalue weighted by atomic mass is 19.4. The van der Waals surface area contributed by atoms with Crippen LogP contribution in [0.3, 0.4) is 0 Å². The smallest absolute Gasteiger partial charge is 0.397 e. The van der Waals surface area contributed by atoms with Crippen LogP contribution in [0.1, 0.15) is 23.2 Å². The van der Waals surface area contributed by atoms with Crippen molar-refractivity contribution in [3.05, 3.63) is 95.8 Å². The fourth-order valence-corrected chi connectivity index (χ4v) is 3.64. The zero-order chi connectivity index (χ0) is 24.8. The number of anilines is 2. The third-order valence-electron chi connectivity index (χ3n) is 5.51. The Balaban J connectivity index is 1.30. The van der Waals surface area contributed by atoms with Gasteiger partial charge in [0.2, 0.25) is 5.91 Å². The van der Waals surface area contributed by atoms with Crippen LogP contribution >= 0.6 is 0 Å². The number of hydrogen-bond donors (Lipinski definition) is 2. The lowest BCUT2D eigenvalue weighted by Gasteiger charge is -2.10. The van der Waals surface area contributed by atoms with E-state index >= 15 is 0 Å². The van der Waals surface area contributed by atoms with Crippen molar-refractivity contribution < 1.29 is 18.0 Å². The van der Waals surface area contributed by atoms with Crippen molar-refractivity contribution in [3.8, 4) is 11.1 Å². The first kappa shape index (κ1) is 24.0. The van der Waals surface area contributed by atoms with Gasteiger partial charge in [-0.2, -0.15) is 13.2 Å². The van der Waals surface area contributed by atoms with Gasteiger partial charge in [0, 0.05) is 25.6 Å². The molecule has 0 unspecified atom stereocenters. The molecule has 0 saturated carbocycles. The average molecular weight is 480 g/mol. The zero-order valence-corrected chi connectivity index (χ0v) is 18.8. The van der Waals surface area contributed by atoms with Gasteiger partial charge in [-0.15, -0.1) is 5.10 Å². The van der Waals surface area contributed by atoms with E-state index in [9.17, 15) is 18.0 Å². The normalized spacial score (nSPS) is 11.4. The summed E-state index contributed by atoms with van der Waals surface area (Å²) in [6.07, 6.45) is -1.74. The maximum atomic E-state index is 12.9. The molecule has 6 nitrogen and oxygen atoms in total. The highest BCUT2D eigenvalue weighted by Crippen LogP contribution is 2.30. The maximum absolute atomic E-state index is 12.9. The molecule has 0 bridgehead atoms. The molecule has 180 valence electrons. The quantitative estimate of drug-likeness (QED) is 0.333. The van der Waals surface area contributed by atoms with Gasteiger partial charge in [-0.3, -0.25) is 9.48 Å². The van der Waals surface area contributed by atoms with Crippen molar-refractivity contribution in [2.24, 2.45) is 0 Å². The van der Waals surface area contributed by atoms with E-state index in [1.165, 1.54) is 6.07 Å². The molecule has 35 heavy (non-hydrogen) atoms. The molecule has 1 amide bonds. The van der Waals surface area contributed by atoms with Crippen molar-refractivity contribution >= 4 is 17.3 Å². The predicted molar refractivity (Wildman–Crippen MR) is 128 cm³/mol. The molecule has 0 atom stereocenters. The van der Waals surface area contributed by atoms with E-state index in [1.54, 1.807) is 23.0 Å². The molecule has 4 rings (SSSR count). The lowest BCUT2D eigenvalue weighted by molar-refractivity contribution is -0.137. The van der Waals surface area contributed by atoms with E-state index in [0.29, 0.717) is 42.0 Å². The number of nitrogens with one attached hydrogen (secondary N) is 1. The van der Waals surface area contributed by atoms with Crippen molar-refractivity contribution in [2.45, 2.75) is 32.0 Å². The Hall–Kier alpha value is -4.14. The van der Waals surface area contributed by atoms with Crippen molar-refractivity contribution in [3.63, 3.8) is 0 Å². The number of aromatic nitrogens is 3. The number of halogens is 3. The first-order valence-corrected chi connectivity index (χ1v) is 11.1. The number of alkyl halides is 3. The lowest BCUT2D eigenvalue weighted by atomic mass is 10.0. The molecule has 3 N–H and O–H groups in total. The number of nitrogen functional groups attached to an aromatic ring is 1. The molecule has 0 saturated heterocycles. The van der Waals surface area contributed by atoms with E-state index in [0.717, 1.165) is 23.3 Å². The molecule has 0 aliphatic carbocycles. The molecule has 9 heteroatoms. The topological polar surface area (TPSA) is 85.8 Å².